The summed E-state index contributed by atoms with van der Waals surface area (Å²) in [6, 6.07) is 16.5. The van der Waals surface area contributed by atoms with Crippen LogP contribution in [0.3, 0.4) is 0 Å². The first-order valence-electron chi connectivity index (χ1n) is 9.89. The number of benzene rings is 2. The van der Waals surface area contributed by atoms with Crippen LogP contribution in [0.5, 0.6) is 5.75 Å². The molecule has 0 bridgehead atoms. The lowest BCUT2D eigenvalue weighted by atomic mass is 10.0. The SMILES string of the molecule is COc1ccc(-c2cc(C(=O)OCC(=O)N[C@H](C)C(C)C)c3ccccc3n2)cc1. The van der Waals surface area contributed by atoms with Crippen molar-refractivity contribution < 1.29 is 19.1 Å². The predicted octanol–water partition coefficient (Wildman–Crippen LogP) is 4.23. The highest BCUT2D eigenvalue weighted by Crippen LogP contribution is 2.26. The molecule has 0 saturated heterocycles. The monoisotopic (exact) mass is 406 g/mol. The average molecular weight is 406 g/mol. The smallest absolute Gasteiger partial charge is 0.339 e. The summed E-state index contributed by atoms with van der Waals surface area (Å²) in [6.07, 6.45) is 0. The van der Waals surface area contributed by atoms with Gasteiger partial charge in [0.2, 0.25) is 0 Å². The van der Waals surface area contributed by atoms with Gasteiger partial charge in [-0.3, -0.25) is 4.79 Å². The zero-order valence-electron chi connectivity index (χ0n) is 17.6. The molecule has 6 heteroatoms. The summed E-state index contributed by atoms with van der Waals surface area (Å²) < 4.78 is 10.5. The van der Waals surface area contributed by atoms with Crippen molar-refractivity contribution in [2.45, 2.75) is 26.8 Å². The third-order valence-corrected chi connectivity index (χ3v) is 5.04. The largest absolute Gasteiger partial charge is 0.497 e. The number of nitrogens with zero attached hydrogens (tertiary/aromatic N) is 1. The first-order valence-corrected chi connectivity index (χ1v) is 9.89. The normalized spacial score (nSPS) is 11.9. The molecule has 0 fully saturated rings. The molecule has 0 aliphatic heterocycles. The van der Waals surface area contributed by atoms with E-state index in [-0.39, 0.29) is 18.6 Å². The van der Waals surface area contributed by atoms with Crippen LogP contribution in [0, 0.1) is 5.92 Å². The molecule has 1 aromatic heterocycles. The van der Waals surface area contributed by atoms with Gasteiger partial charge in [0.05, 0.1) is 23.9 Å². The number of hydrogen-bond donors (Lipinski definition) is 1. The number of esters is 1. The molecule has 2 aromatic carbocycles. The number of nitrogens with one attached hydrogen (secondary N) is 1. The number of rotatable bonds is 7. The topological polar surface area (TPSA) is 77.5 Å². The minimum atomic E-state index is -0.560. The van der Waals surface area contributed by atoms with Gasteiger partial charge in [-0.25, -0.2) is 9.78 Å². The number of carbonyl (C=O) groups excluding carboxylic acids is 2. The molecule has 0 saturated carbocycles. The lowest BCUT2D eigenvalue weighted by Crippen LogP contribution is -2.38. The van der Waals surface area contributed by atoms with E-state index in [2.05, 4.69) is 10.3 Å². The number of fused-ring (bicyclic) bond motifs is 1. The van der Waals surface area contributed by atoms with E-state index < -0.39 is 5.97 Å². The third-order valence-electron chi connectivity index (χ3n) is 5.04. The zero-order chi connectivity index (χ0) is 21.7. The van der Waals surface area contributed by atoms with Gasteiger partial charge in [-0.1, -0.05) is 32.0 Å². The number of pyridine rings is 1. The number of methoxy groups -OCH3 is 1. The Morgan fingerprint density at radius 2 is 1.73 bits per heavy atom. The predicted molar refractivity (Wildman–Crippen MR) is 116 cm³/mol. The number of amides is 1. The van der Waals surface area contributed by atoms with Crippen LogP contribution in [0.2, 0.25) is 0 Å². The maximum atomic E-state index is 12.8. The van der Waals surface area contributed by atoms with E-state index in [1.165, 1.54) is 0 Å². The minimum absolute atomic E-state index is 0.000341. The van der Waals surface area contributed by atoms with E-state index >= 15 is 0 Å². The van der Waals surface area contributed by atoms with E-state index in [1.807, 2.05) is 69.3 Å². The van der Waals surface area contributed by atoms with E-state index in [4.69, 9.17) is 9.47 Å². The van der Waals surface area contributed by atoms with Crippen molar-refractivity contribution in [3.8, 4) is 17.0 Å². The molecule has 0 spiro atoms. The summed E-state index contributed by atoms with van der Waals surface area (Å²) in [5.74, 6) is 0.149. The zero-order valence-corrected chi connectivity index (χ0v) is 17.6. The lowest BCUT2D eigenvalue weighted by Gasteiger charge is -2.17. The summed E-state index contributed by atoms with van der Waals surface area (Å²) in [6.45, 7) is 5.62. The van der Waals surface area contributed by atoms with Gasteiger partial charge in [0, 0.05) is 17.0 Å². The molecule has 0 unspecified atom stereocenters. The maximum Gasteiger partial charge on any atom is 0.339 e. The summed E-state index contributed by atoms with van der Waals surface area (Å²) in [4.78, 5) is 29.6. The molecule has 156 valence electrons. The highest BCUT2D eigenvalue weighted by atomic mass is 16.5. The van der Waals surface area contributed by atoms with Gasteiger partial charge in [0.15, 0.2) is 6.61 Å². The Hall–Kier alpha value is -3.41. The number of aromatic nitrogens is 1. The average Bonchev–Trinajstić information content (AvgIpc) is 2.76. The Morgan fingerprint density at radius 3 is 2.40 bits per heavy atom. The Labute approximate surface area is 176 Å². The Kier molecular flexibility index (Phi) is 6.67. The van der Waals surface area contributed by atoms with Gasteiger partial charge in [-0.15, -0.1) is 0 Å². The number of para-hydroxylation sites is 1. The van der Waals surface area contributed by atoms with Gasteiger partial charge in [0.25, 0.3) is 5.91 Å². The Morgan fingerprint density at radius 1 is 1.03 bits per heavy atom. The lowest BCUT2D eigenvalue weighted by molar-refractivity contribution is -0.125. The van der Waals surface area contributed by atoms with Crippen LogP contribution in [0.15, 0.2) is 54.6 Å². The molecule has 1 amide bonds. The highest BCUT2D eigenvalue weighted by Gasteiger charge is 2.18. The summed E-state index contributed by atoms with van der Waals surface area (Å²) in [5.41, 5.74) is 2.53. The van der Waals surface area contributed by atoms with E-state index in [9.17, 15) is 9.59 Å². The fraction of sp³-hybridized carbons (Fsp3) is 0.292. The molecule has 3 rings (SSSR count). The van der Waals surface area contributed by atoms with Crippen molar-refractivity contribution in [3.63, 3.8) is 0 Å². The van der Waals surface area contributed by atoms with Crippen LogP contribution in [-0.4, -0.2) is 36.6 Å². The molecule has 1 atom stereocenters. The first kappa shape index (κ1) is 21.3. The van der Waals surface area contributed by atoms with Crippen LogP contribution >= 0.6 is 0 Å². The number of carbonyl (C=O) groups is 2. The maximum absolute atomic E-state index is 12.8. The van der Waals surface area contributed by atoms with Crippen molar-refractivity contribution in [1.82, 2.24) is 10.3 Å². The van der Waals surface area contributed by atoms with Crippen LogP contribution in [0.1, 0.15) is 31.1 Å². The van der Waals surface area contributed by atoms with Crippen LogP contribution in [0.25, 0.3) is 22.2 Å². The summed E-state index contributed by atoms with van der Waals surface area (Å²) >= 11 is 0. The van der Waals surface area contributed by atoms with Gasteiger partial charge in [-0.05, 0) is 49.2 Å². The van der Waals surface area contributed by atoms with E-state index in [0.717, 1.165) is 11.3 Å². The number of hydrogen-bond acceptors (Lipinski definition) is 5. The fourth-order valence-corrected chi connectivity index (χ4v) is 2.93. The summed E-state index contributed by atoms with van der Waals surface area (Å²) in [5, 5.41) is 3.51. The van der Waals surface area contributed by atoms with Crippen molar-refractivity contribution in [3.05, 3.63) is 60.2 Å². The second-order valence-electron chi connectivity index (χ2n) is 7.48. The molecule has 0 aliphatic carbocycles. The molecule has 1 heterocycles. The van der Waals surface area contributed by atoms with Crippen LogP contribution in [0.4, 0.5) is 0 Å². The standard InChI is InChI=1S/C24H26N2O4/c1-15(2)16(3)25-23(27)14-30-24(28)20-13-22(17-9-11-18(29-4)12-10-17)26-21-8-6-5-7-19(20)21/h5-13,15-16H,14H2,1-4H3,(H,25,27)/t16-/m1/s1. The van der Waals surface area contributed by atoms with Crippen molar-refractivity contribution in [2.75, 3.05) is 13.7 Å². The van der Waals surface area contributed by atoms with Crippen LogP contribution in [-0.2, 0) is 9.53 Å². The molecule has 6 nitrogen and oxygen atoms in total. The van der Waals surface area contributed by atoms with E-state index in [1.54, 1.807) is 13.2 Å². The molecule has 0 radical (unpaired) electrons. The Bertz CT molecular complexity index is 1040. The van der Waals surface area contributed by atoms with Gasteiger partial charge >= 0.3 is 5.97 Å². The van der Waals surface area contributed by atoms with Gasteiger partial charge in [0.1, 0.15) is 5.75 Å². The third kappa shape index (κ3) is 4.95. The second kappa shape index (κ2) is 9.39. The van der Waals surface area contributed by atoms with Crippen molar-refractivity contribution in [2.24, 2.45) is 5.92 Å². The molecular formula is C24H26N2O4. The van der Waals surface area contributed by atoms with Gasteiger partial charge < -0.3 is 14.8 Å². The van der Waals surface area contributed by atoms with Gasteiger partial charge in [-0.2, -0.15) is 0 Å². The quantitative estimate of drug-likeness (QED) is 0.594. The van der Waals surface area contributed by atoms with Crippen molar-refractivity contribution in [1.29, 1.82) is 0 Å². The Balaban J connectivity index is 1.86. The fourth-order valence-electron chi connectivity index (χ4n) is 2.93. The molecule has 0 aliphatic rings. The number of ether oxygens (including phenoxy) is 2. The molecule has 1 N–H and O–H groups in total. The molecular weight excluding hydrogens is 380 g/mol. The minimum Gasteiger partial charge on any atom is -0.497 e. The van der Waals surface area contributed by atoms with Crippen molar-refractivity contribution >= 4 is 22.8 Å². The van der Waals surface area contributed by atoms with Crippen LogP contribution < -0.4 is 10.1 Å². The summed E-state index contributed by atoms with van der Waals surface area (Å²) in [7, 11) is 1.61. The van der Waals surface area contributed by atoms with E-state index in [0.29, 0.717) is 28.1 Å². The first-order chi connectivity index (χ1) is 14.4. The second-order valence-corrected chi connectivity index (χ2v) is 7.48. The highest BCUT2D eigenvalue weighted by molar-refractivity contribution is 6.05. The molecule has 30 heavy (non-hydrogen) atoms. The molecule has 3 aromatic rings.